The Morgan fingerprint density at radius 3 is 2.44 bits per heavy atom. The molecule has 0 aromatic carbocycles. The van der Waals surface area contributed by atoms with Crippen LogP contribution in [0.4, 0.5) is 27.8 Å². The maximum absolute atomic E-state index is 13.2. The Labute approximate surface area is 181 Å². The number of hydrogen-bond acceptors (Lipinski definition) is 5. The molecule has 1 aliphatic heterocycles. The van der Waals surface area contributed by atoms with E-state index in [9.17, 15) is 27.1 Å². The lowest BCUT2D eigenvalue weighted by atomic mass is 9.95. The van der Waals surface area contributed by atoms with Crippen LogP contribution in [0, 0.1) is 17.8 Å². The number of aliphatic hydroxyl groups is 1. The molecule has 5 rings (SSSR count). The Balaban J connectivity index is 1.37. The molecule has 0 radical (unpaired) electrons. The maximum Gasteiger partial charge on any atom is 0.419 e. The van der Waals surface area contributed by atoms with Crippen LogP contribution in [-0.2, 0) is 12.7 Å². The van der Waals surface area contributed by atoms with E-state index in [0.717, 1.165) is 32.0 Å². The van der Waals surface area contributed by atoms with E-state index in [1.54, 1.807) is 6.07 Å². The minimum Gasteiger partial charge on any atom is -0.396 e. The van der Waals surface area contributed by atoms with Gasteiger partial charge in [0.2, 0.25) is 0 Å². The van der Waals surface area contributed by atoms with Gasteiger partial charge in [0.1, 0.15) is 12.4 Å². The summed E-state index contributed by atoms with van der Waals surface area (Å²) >= 11 is 0. The zero-order valence-electron chi connectivity index (χ0n) is 17.1. The predicted molar refractivity (Wildman–Crippen MR) is 106 cm³/mol. The van der Waals surface area contributed by atoms with Crippen LogP contribution in [0.25, 0.3) is 11.3 Å². The number of alkyl halides is 5. The third kappa shape index (κ3) is 3.75. The summed E-state index contributed by atoms with van der Waals surface area (Å²) in [5.74, 6) is 0.525. The van der Waals surface area contributed by atoms with Crippen molar-refractivity contribution >= 4 is 5.82 Å². The first kappa shape index (κ1) is 21.6. The quantitative estimate of drug-likeness (QED) is 0.652. The van der Waals surface area contributed by atoms with Crippen LogP contribution in [0.1, 0.15) is 30.0 Å². The van der Waals surface area contributed by atoms with Gasteiger partial charge in [-0.15, -0.1) is 0 Å². The summed E-state index contributed by atoms with van der Waals surface area (Å²) in [7, 11) is 0. The molecule has 3 aliphatic rings. The van der Waals surface area contributed by atoms with Gasteiger partial charge in [-0.2, -0.15) is 18.3 Å². The molecule has 4 atom stereocenters. The summed E-state index contributed by atoms with van der Waals surface area (Å²) < 4.78 is 67.3. The van der Waals surface area contributed by atoms with E-state index < -0.39 is 30.5 Å². The molecule has 0 spiro atoms. The van der Waals surface area contributed by atoms with Crippen molar-refractivity contribution in [3.8, 4) is 11.3 Å². The zero-order valence-corrected chi connectivity index (χ0v) is 17.1. The summed E-state index contributed by atoms with van der Waals surface area (Å²) in [6, 6.07) is 2.94. The molecule has 1 saturated heterocycles. The number of hydrogen-bond donors (Lipinski definition) is 2. The molecule has 2 aromatic heterocycles. The van der Waals surface area contributed by atoms with Gasteiger partial charge < -0.3 is 10.8 Å². The molecule has 2 saturated carbocycles. The van der Waals surface area contributed by atoms with Gasteiger partial charge >= 0.3 is 6.18 Å². The molecular weight excluding hydrogens is 433 g/mol. The van der Waals surface area contributed by atoms with Gasteiger partial charge in [0.25, 0.3) is 6.43 Å². The van der Waals surface area contributed by atoms with Crippen LogP contribution in [-0.4, -0.2) is 56.9 Å². The number of rotatable bonds is 6. The Morgan fingerprint density at radius 2 is 1.84 bits per heavy atom. The summed E-state index contributed by atoms with van der Waals surface area (Å²) in [5, 5.41) is 13.4. The van der Waals surface area contributed by atoms with Crippen LogP contribution in [0.2, 0.25) is 0 Å². The Bertz CT molecular complexity index is 991. The summed E-state index contributed by atoms with van der Waals surface area (Å²) in [5.41, 5.74) is 5.24. The number of halogens is 5. The third-order valence-corrected chi connectivity index (χ3v) is 7.16. The van der Waals surface area contributed by atoms with Gasteiger partial charge in [0, 0.05) is 55.0 Å². The number of fused-ring (bicyclic) bond motifs is 1. The van der Waals surface area contributed by atoms with E-state index in [4.69, 9.17) is 5.73 Å². The number of aromatic nitrogens is 3. The highest BCUT2D eigenvalue weighted by Crippen LogP contribution is 2.64. The molecule has 6 nitrogen and oxygen atoms in total. The molecule has 3 heterocycles. The molecule has 3 fully saturated rings. The van der Waals surface area contributed by atoms with Gasteiger partial charge in [-0.1, -0.05) is 0 Å². The van der Waals surface area contributed by atoms with Crippen molar-refractivity contribution in [1.29, 1.82) is 0 Å². The monoisotopic (exact) mass is 457 g/mol. The minimum absolute atomic E-state index is 0.0880. The molecule has 2 unspecified atom stereocenters. The van der Waals surface area contributed by atoms with Gasteiger partial charge in [-0.05, 0) is 36.8 Å². The lowest BCUT2D eigenvalue weighted by Crippen LogP contribution is -2.52. The Hall–Kier alpha value is -2.27. The number of aliphatic hydroxyl groups excluding tert-OH is 1. The summed E-state index contributed by atoms with van der Waals surface area (Å²) in [6.07, 6.45) is -4.18. The molecule has 3 N–H and O–H groups in total. The standard InChI is InChI=1S/C21H24F5N5O/c22-18(23)8-31-17(19-13-2-12(3-14(13)19)30-6-10(7-30)9-32)4-16(29-31)11-1-15(21(24,25)26)20(27)28-5-11/h1,4-5,10,12-14,18-19,32H,2-3,6-9H2,(H2,27,28)/t12?,13-,14+,19?. The second-order valence-electron chi connectivity index (χ2n) is 9.16. The Kier molecular flexibility index (Phi) is 5.16. The number of nitrogens with zero attached hydrogens (tertiary/aromatic N) is 4. The fourth-order valence-electron chi connectivity index (χ4n) is 5.53. The zero-order chi connectivity index (χ0) is 22.8. The van der Waals surface area contributed by atoms with E-state index in [2.05, 4.69) is 15.0 Å². The van der Waals surface area contributed by atoms with Crippen molar-refractivity contribution in [2.24, 2.45) is 17.8 Å². The smallest absolute Gasteiger partial charge is 0.396 e. The van der Waals surface area contributed by atoms with Crippen molar-refractivity contribution in [1.82, 2.24) is 19.7 Å². The molecule has 0 amide bonds. The van der Waals surface area contributed by atoms with E-state index in [0.29, 0.717) is 29.5 Å². The highest BCUT2D eigenvalue weighted by molar-refractivity contribution is 5.63. The van der Waals surface area contributed by atoms with Crippen LogP contribution < -0.4 is 5.73 Å². The van der Waals surface area contributed by atoms with Crippen LogP contribution in [0.5, 0.6) is 0 Å². The van der Waals surface area contributed by atoms with Crippen LogP contribution >= 0.6 is 0 Å². The van der Waals surface area contributed by atoms with Crippen molar-refractivity contribution < 1.29 is 27.1 Å². The average Bonchev–Trinajstić information content (AvgIpc) is 3.00. The fraction of sp³-hybridized carbons (Fsp3) is 0.619. The minimum atomic E-state index is -4.67. The lowest BCUT2D eigenvalue weighted by molar-refractivity contribution is -0.137. The highest BCUT2D eigenvalue weighted by Gasteiger charge is 2.59. The highest BCUT2D eigenvalue weighted by atomic mass is 19.4. The number of likely N-dealkylation sites (tertiary alicyclic amines) is 1. The molecule has 2 aromatic rings. The van der Waals surface area contributed by atoms with E-state index in [-0.39, 0.29) is 23.8 Å². The second-order valence-corrected chi connectivity index (χ2v) is 9.16. The van der Waals surface area contributed by atoms with Crippen molar-refractivity contribution in [3.63, 3.8) is 0 Å². The SMILES string of the molecule is Nc1ncc(-c2cc(C3[C@H]4CC(N5CC(CO)C5)C[C@@H]34)n(CC(F)F)n2)cc1C(F)(F)F. The number of nitrogen functional groups attached to an aromatic ring is 1. The van der Waals surface area contributed by atoms with Gasteiger partial charge in [0.05, 0.1) is 11.3 Å². The van der Waals surface area contributed by atoms with Gasteiger partial charge in [-0.25, -0.2) is 13.8 Å². The summed E-state index contributed by atoms with van der Waals surface area (Å²) in [4.78, 5) is 6.00. The molecule has 0 bridgehead atoms. The van der Waals surface area contributed by atoms with E-state index in [1.165, 1.54) is 10.9 Å². The van der Waals surface area contributed by atoms with Gasteiger partial charge in [-0.3, -0.25) is 9.58 Å². The molecule has 174 valence electrons. The summed E-state index contributed by atoms with van der Waals surface area (Å²) in [6.45, 7) is 1.38. The van der Waals surface area contributed by atoms with Crippen molar-refractivity contribution in [2.75, 3.05) is 25.4 Å². The van der Waals surface area contributed by atoms with Crippen LogP contribution in [0.15, 0.2) is 18.3 Å². The largest absolute Gasteiger partial charge is 0.419 e. The van der Waals surface area contributed by atoms with Gasteiger partial charge in [0.15, 0.2) is 0 Å². The number of nitrogens with two attached hydrogens (primary N) is 1. The van der Waals surface area contributed by atoms with Crippen molar-refractivity contribution in [3.05, 3.63) is 29.6 Å². The fourth-order valence-corrected chi connectivity index (χ4v) is 5.53. The molecule has 11 heteroatoms. The Morgan fingerprint density at radius 1 is 1.16 bits per heavy atom. The number of pyridine rings is 1. The topological polar surface area (TPSA) is 80.2 Å². The van der Waals surface area contributed by atoms with E-state index in [1.807, 2.05) is 0 Å². The maximum atomic E-state index is 13.2. The van der Waals surface area contributed by atoms with E-state index >= 15 is 0 Å². The van der Waals surface area contributed by atoms with Crippen LogP contribution in [0.3, 0.4) is 0 Å². The molecule has 32 heavy (non-hydrogen) atoms. The lowest BCUT2D eigenvalue weighted by Gasteiger charge is -2.43. The normalized spacial score (nSPS) is 28.2. The second kappa shape index (κ2) is 7.65. The average molecular weight is 457 g/mol. The molecule has 2 aliphatic carbocycles. The number of anilines is 1. The first-order valence-electron chi connectivity index (χ1n) is 10.7. The first-order chi connectivity index (χ1) is 15.2. The third-order valence-electron chi connectivity index (χ3n) is 7.16. The molecular formula is C21H24F5N5O. The predicted octanol–water partition coefficient (Wildman–Crippen LogP) is 3.23. The van der Waals surface area contributed by atoms with Crippen molar-refractivity contribution in [2.45, 2.75) is 43.9 Å². The first-order valence-corrected chi connectivity index (χ1v) is 10.7.